The minimum Gasteiger partial charge on any atom is -0.507 e. The largest absolute Gasteiger partial charge is 0.507 e. The molecule has 3 aromatic carbocycles. The van der Waals surface area contributed by atoms with E-state index in [1.54, 1.807) is 36.4 Å². The molecule has 0 radical (unpaired) electrons. The zero-order valence-corrected chi connectivity index (χ0v) is 18.6. The Balaban J connectivity index is 1.73. The van der Waals surface area contributed by atoms with Crippen molar-refractivity contribution in [3.05, 3.63) is 94.5 Å². The average molecular weight is 487 g/mol. The van der Waals surface area contributed by atoms with Crippen LogP contribution in [0.5, 0.6) is 5.75 Å². The van der Waals surface area contributed by atoms with Crippen molar-refractivity contribution in [3.63, 3.8) is 0 Å². The van der Waals surface area contributed by atoms with Gasteiger partial charge in [0.2, 0.25) is 5.91 Å². The van der Waals surface area contributed by atoms with Gasteiger partial charge in [0.25, 0.3) is 5.78 Å². The number of hydrogen-bond donors (Lipinski definition) is 2. The van der Waals surface area contributed by atoms with E-state index in [9.17, 15) is 24.3 Å². The molecule has 172 valence electrons. The van der Waals surface area contributed by atoms with Gasteiger partial charge in [0, 0.05) is 16.3 Å². The second-order valence-corrected chi connectivity index (χ2v) is 8.77. The molecule has 2 unspecified atom stereocenters. The van der Waals surface area contributed by atoms with Gasteiger partial charge in [-0.1, -0.05) is 41.9 Å². The van der Waals surface area contributed by atoms with Crippen LogP contribution in [0, 0.1) is 0 Å². The maximum absolute atomic E-state index is 13.9. The number of fused-ring (bicyclic) bond motifs is 4. The lowest BCUT2D eigenvalue weighted by Gasteiger charge is -2.43. The molecule has 0 aliphatic carbocycles. The number of benzene rings is 3. The van der Waals surface area contributed by atoms with Crippen molar-refractivity contribution in [3.8, 4) is 5.75 Å². The molecule has 0 bridgehead atoms. The highest BCUT2D eigenvalue weighted by molar-refractivity contribution is 6.55. The van der Waals surface area contributed by atoms with E-state index in [0.29, 0.717) is 16.3 Å². The number of halogens is 1. The second kappa shape index (κ2) is 7.28. The van der Waals surface area contributed by atoms with Gasteiger partial charge < -0.3 is 15.2 Å². The molecule has 1 saturated heterocycles. The first-order chi connectivity index (χ1) is 16.9. The number of ether oxygens (including phenoxy) is 1. The predicted octanol–water partition coefficient (Wildman–Crippen LogP) is 3.62. The molecule has 1 fully saturated rings. The fourth-order valence-corrected chi connectivity index (χ4v) is 5.23. The Morgan fingerprint density at radius 1 is 0.943 bits per heavy atom. The Morgan fingerprint density at radius 3 is 2.40 bits per heavy atom. The second-order valence-electron chi connectivity index (χ2n) is 8.33. The number of rotatable bonds is 2. The number of carbonyl (C=O) groups is 4. The number of anilines is 2. The summed E-state index contributed by atoms with van der Waals surface area (Å²) in [6, 6.07) is 18.8. The standard InChI is InChI=1S/C26H15ClN2O6/c27-14-11-9-13(10-12-14)21(30)20-22(31)24(33)29-17-7-3-4-8-18(17)35-25(34)26(20,29)19-15-5-1-2-6-16(15)28-23(19)32/h1-12,19,30H,(H,28,32)/b21-20-. The third-order valence-electron chi connectivity index (χ3n) is 6.54. The minimum absolute atomic E-state index is 0.0631. The number of aliphatic hydroxyl groups is 1. The molecule has 2 atom stereocenters. The maximum atomic E-state index is 13.9. The Bertz CT molecular complexity index is 1510. The third kappa shape index (κ3) is 2.68. The number of aliphatic hydroxyl groups excluding tert-OH is 1. The molecule has 3 aromatic rings. The number of Topliss-reactive ketones (excluding diaryl/α,β-unsaturated/α-hetero) is 1. The van der Waals surface area contributed by atoms with Gasteiger partial charge in [-0.25, -0.2) is 4.79 Å². The normalized spacial score (nSPS) is 23.9. The van der Waals surface area contributed by atoms with Gasteiger partial charge in [0.05, 0.1) is 11.3 Å². The van der Waals surface area contributed by atoms with Gasteiger partial charge in [0.15, 0.2) is 11.3 Å². The molecular weight excluding hydrogens is 472 g/mol. The predicted molar refractivity (Wildman–Crippen MR) is 126 cm³/mol. The molecule has 8 nitrogen and oxygen atoms in total. The summed E-state index contributed by atoms with van der Waals surface area (Å²) >= 11 is 5.97. The van der Waals surface area contributed by atoms with Crippen molar-refractivity contribution in [2.45, 2.75) is 11.5 Å². The Hall–Kier alpha value is -4.43. The summed E-state index contributed by atoms with van der Waals surface area (Å²) in [4.78, 5) is 55.3. The first kappa shape index (κ1) is 21.1. The first-order valence-corrected chi connectivity index (χ1v) is 11.0. The first-order valence-electron chi connectivity index (χ1n) is 10.7. The number of amides is 2. The lowest BCUT2D eigenvalue weighted by Crippen LogP contribution is -2.62. The summed E-state index contributed by atoms with van der Waals surface area (Å²) in [6.07, 6.45) is 0. The van der Waals surface area contributed by atoms with E-state index in [4.69, 9.17) is 16.3 Å². The molecule has 0 spiro atoms. The Kier molecular flexibility index (Phi) is 4.40. The fraction of sp³-hybridized carbons (Fsp3) is 0.0769. The molecule has 6 rings (SSSR count). The lowest BCUT2D eigenvalue weighted by atomic mass is 9.73. The summed E-state index contributed by atoms with van der Waals surface area (Å²) < 4.78 is 5.63. The summed E-state index contributed by atoms with van der Waals surface area (Å²) in [6.45, 7) is 0. The monoisotopic (exact) mass is 486 g/mol. The molecule has 3 heterocycles. The van der Waals surface area contributed by atoms with Crippen LogP contribution in [0.4, 0.5) is 11.4 Å². The van der Waals surface area contributed by atoms with E-state index < -0.39 is 46.4 Å². The molecular formula is C26H15ClN2O6. The van der Waals surface area contributed by atoms with E-state index in [2.05, 4.69) is 5.32 Å². The molecule has 3 aliphatic rings. The van der Waals surface area contributed by atoms with Crippen molar-refractivity contribution in [2.24, 2.45) is 0 Å². The number of para-hydroxylation sites is 3. The number of esters is 1. The van der Waals surface area contributed by atoms with Gasteiger partial charge >= 0.3 is 11.9 Å². The van der Waals surface area contributed by atoms with Crippen LogP contribution in [0.3, 0.4) is 0 Å². The maximum Gasteiger partial charge on any atom is 0.344 e. The van der Waals surface area contributed by atoms with Crippen LogP contribution in [0.25, 0.3) is 5.76 Å². The molecule has 9 heteroatoms. The van der Waals surface area contributed by atoms with Crippen molar-refractivity contribution >= 4 is 52.3 Å². The molecule has 35 heavy (non-hydrogen) atoms. The summed E-state index contributed by atoms with van der Waals surface area (Å²) in [5.41, 5.74) is -1.70. The Morgan fingerprint density at radius 2 is 1.63 bits per heavy atom. The van der Waals surface area contributed by atoms with Gasteiger partial charge in [-0.2, -0.15) is 0 Å². The van der Waals surface area contributed by atoms with Crippen molar-refractivity contribution in [2.75, 3.05) is 10.2 Å². The van der Waals surface area contributed by atoms with E-state index in [0.717, 1.165) is 4.90 Å². The highest BCUT2D eigenvalue weighted by Gasteiger charge is 2.71. The zero-order valence-electron chi connectivity index (χ0n) is 17.8. The van der Waals surface area contributed by atoms with Crippen LogP contribution in [0.15, 0.2) is 78.4 Å². The van der Waals surface area contributed by atoms with Gasteiger partial charge in [0.1, 0.15) is 11.7 Å². The van der Waals surface area contributed by atoms with Crippen LogP contribution in [0.1, 0.15) is 17.0 Å². The zero-order chi connectivity index (χ0) is 24.5. The smallest absolute Gasteiger partial charge is 0.344 e. The number of ketones is 1. The van der Waals surface area contributed by atoms with Gasteiger partial charge in [-0.3, -0.25) is 19.3 Å². The molecule has 3 aliphatic heterocycles. The topological polar surface area (TPSA) is 113 Å². The lowest BCUT2D eigenvalue weighted by molar-refractivity contribution is -0.143. The summed E-state index contributed by atoms with van der Waals surface area (Å²) in [5, 5.41) is 14.5. The highest BCUT2D eigenvalue weighted by Crippen LogP contribution is 2.56. The third-order valence-corrected chi connectivity index (χ3v) is 6.79. The van der Waals surface area contributed by atoms with Crippen molar-refractivity contribution < 1.29 is 29.0 Å². The quantitative estimate of drug-likeness (QED) is 0.188. The van der Waals surface area contributed by atoms with Crippen molar-refractivity contribution in [1.29, 1.82) is 0 Å². The highest BCUT2D eigenvalue weighted by atomic mass is 35.5. The Labute approximate surface area is 203 Å². The summed E-state index contributed by atoms with van der Waals surface area (Å²) in [7, 11) is 0. The van der Waals surface area contributed by atoms with Gasteiger partial charge in [-0.05, 0) is 48.0 Å². The van der Waals surface area contributed by atoms with Crippen LogP contribution in [-0.4, -0.2) is 34.2 Å². The molecule has 2 amide bonds. The average Bonchev–Trinajstić information content (AvgIpc) is 3.31. The van der Waals surface area contributed by atoms with Crippen LogP contribution >= 0.6 is 11.6 Å². The van der Waals surface area contributed by atoms with Crippen LogP contribution < -0.4 is 15.0 Å². The van der Waals surface area contributed by atoms with E-state index in [1.807, 2.05) is 0 Å². The van der Waals surface area contributed by atoms with E-state index in [1.165, 1.54) is 36.4 Å². The number of nitrogens with zero attached hydrogens (tertiary/aromatic N) is 1. The molecule has 0 saturated carbocycles. The van der Waals surface area contributed by atoms with E-state index >= 15 is 0 Å². The fourth-order valence-electron chi connectivity index (χ4n) is 5.11. The van der Waals surface area contributed by atoms with Crippen LogP contribution in [-0.2, 0) is 19.2 Å². The minimum atomic E-state index is -2.27. The number of hydrogen-bond acceptors (Lipinski definition) is 6. The van der Waals surface area contributed by atoms with Gasteiger partial charge in [-0.15, -0.1) is 0 Å². The summed E-state index contributed by atoms with van der Waals surface area (Å²) in [5.74, 6) is -5.71. The number of carbonyl (C=O) groups excluding carboxylic acids is 4. The SMILES string of the molecule is O=C1C(=O)N2c3ccccc3OC(=O)C2(C2C(=O)Nc3ccccc32)/C1=C(\O)c1ccc(Cl)cc1. The molecule has 2 N–H and O–H groups in total. The van der Waals surface area contributed by atoms with Crippen LogP contribution in [0.2, 0.25) is 5.02 Å². The van der Waals surface area contributed by atoms with E-state index in [-0.39, 0.29) is 17.0 Å². The number of nitrogens with one attached hydrogen (secondary N) is 1. The van der Waals surface area contributed by atoms with Crippen molar-refractivity contribution in [1.82, 2.24) is 0 Å². The molecule has 0 aromatic heterocycles.